The number of anilines is 2. The zero-order chi connectivity index (χ0) is 16.8. The Morgan fingerprint density at radius 3 is 2.42 bits per heavy atom. The molecule has 0 spiro atoms. The van der Waals surface area contributed by atoms with Crippen LogP contribution in [-0.2, 0) is 6.54 Å². The van der Waals surface area contributed by atoms with Gasteiger partial charge in [0.15, 0.2) is 0 Å². The number of benzene rings is 1. The van der Waals surface area contributed by atoms with Crippen LogP contribution in [-0.4, -0.2) is 29.0 Å². The lowest BCUT2D eigenvalue weighted by molar-refractivity contribution is 0.460. The maximum Gasteiger partial charge on any atom is 0.237 e. The SMILES string of the molecule is CN(C)c1ccc(NCc2ccc(Oc3cnccn3)cc2)nc1. The monoisotopic (exact) mass is 321 g/mol. The van der Waals surface area contributed by atoms with Crippen molar-refractivity contribution in [3.8, 4) is 11.6 Å². The van der Waals surface area contributed by atoms with Crippen molar-refractivity contribution in [2.75, 3.05) is 24.3 Å². The van der Waals surface area contributed by atoms with Gasteiger partial charge < -0.3 is 15.0 Å². The molecule has 0 amide bonds. The second-order valence-electron chi connectivity index (χ2n) is 5.44. The van der Waals surface area contributed by atoms with Crippen LogP contribution >= 0.6 is 0 Å². The molecule has 2 heterocycles. The molecule has 0 saturated carbocycles. The summed E-state index contributed by atoms with van der Waals surface area (Å²) in [5.74, 6) is 2.06. The summed E-state index contributed by atoms with van der Waals surface area (Å²) in [5.41, 5.74) is 2.21. The van der Waals surface area contributed by atoms with E-state index in [-0.39, 0.29) is 0 Å². The summed E-state index contributed by atoms with van der Waals surface area (Å²) in [7, 11) is 3.99. The number of ether oxygens (including phenoxy) is 1. The maximum atomic E-state index is 5.62. The van der Waals surface area contributed by atoms with Gasteiger partial charge in [-0.15, -0.1) is 0 Å². The molecule has 0 radical (unpaired) electrons. The molecule has 0 aliphatic rings. The Labute approximate surface area is 141 Å². The third-order valence-electron chi connectivity index (χ3n) is 3.42. The molecule has 1 N–H and O–H groups in total. The molecular formula is C18H19N5O. The highest BCUT2D eigenvalue weighted by Crippen LogP contribution is 2.19. The van der Waals surface area contributed by atoms with Gasteiger partial charge in [0.2, 0.25) is 5.88 Å². The molecule has 1 aromatic carbocycles. The molecule has 3 aromatic rings. The minimum Gasteiger partial charge on any atom is -0.438 e. The number of hydrogen-bond donors (Lipinski definition) is 1. The number of rotatable bonds is 6. The first-order chi connectivity index (χ1) is 11.7. The first-order valence-electron chi connectivity index (χ1n) is 7.61. The van der Waals surface area contributed by atoms with Crippen molar-refractivity contribution < 1.29 is 4.74 Å². The van der Waals surface area contributed by atoms with Crippen LogP contribution in [0.2, 0.25) is 0 Å². The molecule has 6 heteroatoms. The maximum absolute atomic E-state index is 5.62. The number of nitrogens with zero attached hydrogens (tertiary/aromatic N) is 4. The Morgan fingerprint density at radius 2 is 1.79 bits per heavy atom. The van der Waals surface area contributed by atoms with E-state index in [4.69, 9.17) is 4.74 Å². The van der Waals surface area contributed by atoms with Crippen LogP contribution in [0.3, 0.4) is 0 Å². The molecule has 0 unspecified atom stereocenters. The Balaban J connectivity index is 1.56. The van der Waals surface area contributed by atoms with Crippen molar-refractivity contribution in [1.29, 1.82) is 0 Å². The molecule has 2 aromatic heterocycles. The average Bonchev–Trinajstić information content (AvgIpc) is 2.62. The number of aromatic nitrogens is 3. The fourth-order valence-corrected chi connectivity index (χ4v) is 2.08. The third-order valence-corrected chi connectivity index (χ3v) is 3.42. The van der Waals surface area contributed by atoms with E-state index < -0.39 is 0 Å². The van der Waals surface area contributed by atoms with Crippen molar-refractivity contribution in [2.45, 2.75) is 6.54 Å². The van der Waals surface area contributed by atoms with Gasteiger partial charge in [-0.1, -0.05) is 12.1 Å². The molecule has 0 fully saturated rings. The molecule has 0 atom stereocenters. The molecule has 0 aliphatic carbocycles. The molecule has 0 aliphatic heterocycles. The van der Waals surface area contributed by atoms with E-state index in [1.54, 1.807) is 18.6 Å². The summed E-state index contributed by atoms with van der Waals surface area (Å²) in [6.07, 6.45) is 6.64. The van der Waals surface area contributed by atoms with E-state index in [1.165, 1.54) is 0 Å². The molecule has 0 saturated heterocycles. The fourth-order valence-electron chi connectivity index (χ4n) is 2.08. The molecular weight excluding hydrogens is 302 g/mol. The summed E-state index contributed by atoms with van der Waals surface area (Å²) >= 11 is 0. The van der Waals surface area contributed by atoms with Crippen molar-refractivity contribution in [3.05, 3.63) is 66.7 Å². The van der Waals surface area contributed by atoms with Gasteiger partial charge in [-0.3, -0.25) is 4.98 Å². The van der Waals surface area contributed by atoms with Crippen LogP contribution < -0.4 is 15.0 Å². The van der Waals surface area contributed by atoms with Gasteiger partial charge in [0.1, 0.15) is 11.6 Å². The molecule has 24 heavy (non-hydrogen) atoms. The zero-order valence-corrected chi connectivity index (χ0v) is 13.7. The number of pyridine rings is 1. The summed E-state index contributed by atoms with van der Waals surface area (Å²) in [5, 5.41) is 3.30. The Hall–Kier alpha value is -3.15. The van der Waals surface area contributed by atoms with E-state index in [0.29, 0.717) is 12.4 Å². The van der Waals surface area contributed by atoms with Crippen molar-refractivity contribution >= 4 is 11.5 Å². The van der Waals surface area contributed by atoms with Crippen LogP contribution in [0.4, 0.5) is 11.5 Å². The largest absolute Gasteiger partial charge is 0.438 e. The zero-order valence-electron chi connectivity index (χ0n) is 13.7. The van der Waals surface area contributed by atoms with Crippen LogP contribution in [0.15, 0.2) is 61.2 Å². The summed E-state index contributed by atoms with van der Waals surface area (Å²) in [6.45, 7) is 0.694. The minimum absolute atomic E-state index is 0.480. The predicted molar refractivity (Wildman–Crippen MR) is 94.4 cm³/mol. The van der Waals surface area contributed by atoms with E-state index >= 15 is 0 Å². The predicted octanol–water partition coefficient (Wildman–Crippen LogP) is 3.34. The van der Waals surface area contributed by atoms with Gasteiger partial charge in [0, 0.05) is 33.0 Å². The van der Waals surface area contributed by atoms with Crippen molar-refractivity contribution in [3.63, 3.8) is 0 Å². The van der Waals surface area contributed by atoms with Crippen LogP contribution in [0.1, 0.15) is 5.56 Å². The van der Waals surface area contributed by atoms with E-state index in [2.05, 4.69) is 20.3 Å². The van der Waals surface area contributed by atoms with E-state index in [9.17, 15) is 0 Å². The topological polar surface area (TPSA) is 63.2 Å². The number of hydrogen-bond acceptors (Lipinski definition) is 6. The highest BCUT2D eigenvalue weighted by atomic mass is 16.5. The first kappa shape index (κ1) is 15.7. The molecule has 0 bridgehead atoms. The highest BCUT2D eigenvalue weighted by molar-refractivity contribution is 5.48. The Kier molecular flexibility index (Phi) is 4.86. The molecule has 3 rings (SSSR count). The second kappa shape index (κ2) is 7.41. The fraction of sp³-hybridized carbons (Fsp3) is 0.167. The van der Waals surface area contributed by atoms with Crippen LogP contribution in [0, 0.1) is 0 Å². The number of nitrogens with one attached hydrogen (secondary N) is 1. The van der Waals surface area contributed by atoms with Crippen LogP contribution in [0.5, 0.6) is 11.6 Å². The lowest BCUT2D eigenvalue weighted by atomic mass is 10.2. The first-order valence-corrected chi connectivity index (χ1v) is 7.61. The van der Waals surface area contributed by atoms with Gasteiger partial charge >= 0.3 is 0 Å². The lowest BCUT2D eigenvalue weighted by Gasteiger charge is -2.12. The van der Waals surface area contributed by atoms with E-state index in [0.717, 1.165) is 22.8 Å². The molecule has 6 nitrogen and oxygen atoms in total. The van der Waals surface area contributed by atoms with E-state index in [1.807, 2.05) is 61.6 Å². The van der Waals surface area contributed by atoms with Gasteiger partial charge in [-0.05, 0) is 29.8 Å². The minimum atomic E-state index is 0.480. The summed E-state index contributed by atoms with van der Waals surface area (Å²) in [4.78, 5) is 14.5. The lowest BCUT2D eigenvalue weighted by Crippen LogP contribution is -2.09. The van der Waals surface area contributed by atoms with Crippen LogP contribution in [0.25, 0.3) is 0 Å². The smallest absolute Gasteiger partial charge is 0.237 e. The second-order valence-corrected chi connectivity index (χ2v) is 5.44. The van der Waals surface area contributed by atoms with Crippen molar-refractivity contribution in [2.24, 2.45) is 0 Å². The van der Waals surface area contributed by atoms with Gasteiger partial charge in [0.05, 0.1) is 18.1 Å². The average molecular weight is 321 g/mol. The Bertz CT molecular complexity index is 758. The van der Waals surface area contributed by atoms with Crippen molar-refractivity contribution in [1.82, 2.24) is 15.0 Å². The summed E-state index contributed by atoms with van der Waals surface area (Å²) < 4.78 is 5.62. The van der Waals surface area contributed by atoms with Gasteiger partial charge in [-0.2, -0.15) is 0 Å². The highest BCUT2D eigenvalue weighted by Gasteiger charge is 2.01. The third kappa shape index (κ3) is 4.19. The Morgan fingerprint density at radius 1 is 0.958 bits per heavy atom. The standard InChI is InChI=1S/C18H19N5O/c1-23(2)15-5-8-17(22-12-15)21-11-14-3-6-16(7-4-14)24-18-13-19-9-10-20-18/h3-10,12-13H,11H2,1-2H3,(H,21,22). The van der Waals surface area contributed by atoms with Gasteiger partial charge in [-0.25, -0.2) is 9.97 Å². The summed E-state index contributed by atoms with van der Waals surface area (Å²) in [6, 6.07) is 11.8. The molecule has 122 valence electrons. The van der Waals surface area contributed by atoms with Gasteiger partial charge in [0.25, 0.3) is 0 Å². The normalized spacial score (nSPS) is 10.2. The quantitative estimate of drug-likeness (QED) is 0.751.